The zero-order valence-corrected chi connectivity index (χ0v) is 13.6. The van der Waals surface area contributed by atoms with Gasteiger partial charge in [0, 0.05) is 16.5 Å². The van der Waals surface area contributed by atoms with Crippen LogP contribution < -0.4 is 10.4 Å². The Morgan fingerprint density at radius 1 is 1.22 bits per heavy atom. The van der Waals surface area contributed by atoms with Gasteiger partial charge in [-0.15, -0.1) is 0 Å². The first-order valence-electron chi connectivity index (χ1n) is 7.85. The molecule has 1 aromatic heterocycles. The van der Waals surface area contributed by atoms with Crippen LogP contribution in [0, 0.1) is 6.92 Å². The Morgan fingerprint density at radius 3 is 2.61 bits per heavy atom. The van der Waals surface area contributed by atoms with Crippen molar-refractivity contribution >= 4 is 16.9 Å². The van der Waals surface area contributed by atoms with Crippen LogP contribution in [-0.4, -0.2) is 19.2 Å². The van der Waals surface area contributed by atoms with E-state index in [0.29, 0.717) is 11.3 Å². The number of aryl methyl sites for hydroxylation is 2. The van der Waals surface area contributed by atoms with Crippen LogP contribution in [0.15, 0.2) is 21.3 Å². The number of rotatable bonds is 3. The molecule has 0 saturated carbocycles. The third-order valence-corrected chi connectivity index (χ3v) is 4.43. The molecule has 1 unspecified atom stereocenters. The largest absolute Gasteiger partial charge is 0.479 e. The number of methoxy groups -OCH3 is 1. The van der Waals surface area contributed by atoms with Gasteiger partial charge in [-0.2, -0.15) is 0 Å². The highest BCUT2D eigenvalue weighted by Crippen LogP contribution is 2.32. The molecule has 0 spiro atoms. The minimum Gasteiger partial charge on any atom is -0.479 e. The van der Waals surface area contributed by atoms with Crippen LogP contribution in [0.4, 0.5) is 0 Å². The van der Waals surface area contributed by atoms with Gasteiger partial charge < -0.3 is 13.9 Å². The number of ether oxygens (including phenoxy) is 2. The first-order chi connectivity index (χ1) is 11.0. The molecule has 0 aliphatic heterocycles. The summed E-state index contributed by atoms with van der Waals surface area (Å²) in [6.45, 7) is 3.46. The van der Waals surface area contributed by atoms with Gasteiger partial charge in [0.2, 0.25) is 0 Å². The summed E-state index contributed by atoms with van der Waals surface area (Å²) >= 11 is 0. The lowest BCUT2D eigenvalue weighted by atomic mass is 9.90. The Balaban J connectivity index is 2.09. The summed E-state index contributed by atoms with van der Waals surface area (Å²) < 4.78 is 15.9. The van der Waals surface area contributed by atoms with E-state index in [2.05, 4.69) is 4.74 Å². The highest BCUT2D eigenvalue weighted by molar-refractivity contribution is 5.86. The molecule has 0 saturated heterocycles. The molecular formula is C18H20O5. The van der Waals surface area contributed by atoms with E-state index in [4.69, 9.17) is 9.15 Å². The second-order valence-corrected chi connectivity index (χ2v) is 5.90. The van der Waals surface area contributed by atoms with E-state index in [1.54, 1.807) is 6.92 Å². The van der Waals surface area contributed by atoms with Crippen molar-refractivity contribution in [2.24, 2.45) is 0 Å². The summed E-state index contributed by atoms with van der Waals surface area (Å²) in [6.07, 6.45) is 3.07. The molecule has 1 atom stereocenters. The topological polar surface area (TPSA) is 65.7 Å². The number of esters is 1. The lowest BCUT2D eigenvalue weighted by Crippen LogP contribution is -2.25. The Bertz CT molecular complexity index is 818. The highest BCUT2D eigenvalue weighted by atomic mass is 16.6. The molecule has 1 aliphatic carbocycles. The van der Waals surface area contributed by atoms with E-state index in [1.807, 2.05) is 19.1 Å². The van der Waals surface area contributed by atoms with Crippen molar-refractivity contribution in [1.82, 2.24) is 0 Å². The lowest BCUT2D eigenvalue weighted by molar-refractivity contribution is -0.147. The SMILES string of the molecule is COC(=O)C(C)Oc1ccc2c3c(c(=O)oc2c1C)CCCC3. The average molecular weight is 316 g/mol. The second-order valence-electron chi connectivity index (χ2n) is 5.90. The number of carbonyl (C=O) groups is 1. The fourth-order valence-corrected chi connectivity index (χ4v) is 3.16. The molecule has 0 amide bonds. The molecule has 1 heterocycles. The van der Waals surface area contributed by atoms with Gasteiger partial charge in [0.1, 0.15) is 11.3 Å². The molecule has 2 aromatic rings. The van der Waals surface area contributed by atoms with Crippen molar-refractivity contribution in [1.29, 1.82) is 0 Å². The monoisotopic (exact) mass is 316 g/mol. The maximum Gasteiger partial charge on any atom is 0.346 e. The summed E-state index contributed by atoms with van der Waals surface area (Å²) in [5.41, 5.74) is 2.92. The molecule has 0 N–H and O–H groups in total. The summed E-state index contributed by atoms with van der Waals surface area (Å²) in [7, 11) is 1.32. The minimum absolute atomic E-state index is 0.256. The third kappa shape index (κ3) is 2.71. The van der Waals surface area contributed by atoms with E-state index < -0.39 is 12.1 Å². The first-order valence-corrected chi connectivity index (χ1v) is 7.85. The Morgan fingerprint density at radius 2 is 1.91 bits per heavy atom. The molecule has 1 aliphatic rings. The fraction of sp³-hybridized carbons (Fsp3) is 0.444. The molecule has 5 heteroatoms. The number of fused-ring (bicyclic) bond motifs is 3. The van der Waals surface area contributed by atoms with Gasteiger partial charge in [-0.3, -0.25) is 0 Å². The van der Waals surface area contributed by atoms with E-state index in [-0.39, 0.29) is 5.63 Å². The lowest BCUT2D eigenvalue weighted by Gasteiger charge is -2.19. The predicted octanol–water partition coefficient (Wildman–Crippen LogP) is 2.92. The summed E-state index contributed by atoms with van der Waals surface area (Å²) in [5.74, 6) is 0.0747. The number of carbonyl (C=O) groups excluding carboxylic acids is 1. The molecule has 0 bridgehead atoms. The first kappa shape index (κ1) is 15.6. The smallest absolute Gasteiger partial charge is 0.346 e. The van der Waals surface area contributed by atoms with E-state index in [0.717, 1.165) is 47.8 Å². The minimum atomic E-state index is -0.722. The number of hydrogen-bond acceptors (Lipinski definition) is 5. The van der Waals surface area contributed by atoms with Crippen molar-refractivity contribution in [2.45, 2.75) is 45.6 Å². The number of benzene rings is 1. The predicted molar refractivity (Wildman–Crippen MR) is 86.0 cm³/mol. The summed E-state index contributed by atoms with van der Waals surface area (Å²) in [4.78, 5) is 23.8. The standard InChI is InChI=1S/C18H20O5/c1-10-15(22-11(2)17(19)21-3)9-8-13-12-6-4-5-7-14(12)18(20)23-16(10)13/h8-9,11H,4-7H2,1-3H3. The molecule has 122 valence electrons. The highest BCUT2D eigenvalue weighted by Gasteiger charge is 2.21. The maximum absolute atomic E-state index is 12.2. The average Bonchev–Trinajstić information content (AvgIpc) is 2.57. The second kappa shape index (κ2) is 6.07. The Labute approximate surface area is 134 Å². The van der Waals surface area contributed by atoms with E-state index >= 15 is 0 Å². The summed E-state index contributed by atoms with van der Waals surface area (Å²) in [5, 5.41) is 0.967. The molecule has 1 aromatic carbocycles. The number of hydrogen-bond donors (Lipinski definition) is 0. The van der Waals surface area contributed by atoms with Gasteiger partial charge in [-0.1, -0.05) is 0 Å². The van der Waals surface area contributed by atoms with Gasteiger partial charge in [0.15, 0.2) is 6.10 Å². The molecule has 0 radical (unpaired) electrons. The maximum atomic E-state index is 12.2. The van der Waals surface area contributed by atoms with Crippen molar-refractivity contribution in [2.75, 3.05) is 7.11 Å². The molecule has 5 nitrogen and oxygen atoms in total. The zero-order valence-electron chi connectivity index (χ0n) is 13.6. The van der Waals surface area contributed by atoms with E-state index in [1.165, 1.54) is 7.11 Å². The van der Waals surface area contributed by atoms with Gasteiger partial charge >= 0.3 is 11.6 Å². The molecule has 3 rings (SSSR count). The van der Waals surface area contributed by atoms with Crippen molar-refractivity contribution < 1.29 is 18.7 Å². The zero-order chi connectivity index (χ0) is 16.6. The normalized spacial score (nSPS) is 15.1. The molecular weight excluding hydrogens is 296 g/mol. The quantitative estimate of drug-likeness (QED) is 0.643. The Kier molecular flexibility index (Phi) is 4.11. The van der Waals surface area contributed by atoms with Crippen LogP contribution in [0.25, 0.3) is 11.0 Å². The Hall–Kier alpha value is -2.30. The van der Waals surface area contributed by atoms with Gasteiger partial charge in [0.05, 0.1) is 7.11 Å². The van der Waals surface area contributed by atoms with Gasteiger partial charge in [-0.05, 0) is 57.2 Å². The van der Waals surface area contributed by atoms with Crippen molar-refractivity contribution in [3.8, 4) is 5.75 Å². The van der Waals surface area contributed by atoms with Gasteiger partial charge in [0.25, 0.3) is 0 Å². The van der Waals surface area contributed by atoms with Crippen LogP contribution in [0.1, 0.15) is 36.5 Å². The van der Waals surface area contributed by atoms with Crippen LogP contribution in [0.5, 0.6) is 5.75 Å². The third-order valence-electron chi connectivity index (χ3n) is 4.43. The van der Waals surface area contributed by atoms with E-state index in [9.17, 15) is 9.59 Å². The summed E-state index contributed by atoms with van der Waals surface area (Å²) in [6, 6.07) is 3.74. The van der Waals surface area contributed by atoms with Crippen LogP contribution in [-0.2, 0) is 22.4 Å². The van der Waals surface area contributed by atoms with Crippen molar-refractivity contribution in [3.63, 3.8) is 0 Å². The molecule has 0 fully saturated rings. The molecule has 23 heavy (non-hydrogen) atoms. The van der Waals surface area contributed by atoms with Gasteiger partial charge in [-0.25, -0.2) is 9.59 Å². The van der Waals surface area contributed by atoms with Crippen LogP contribution >= 0.6 is 0 Å². The van der Waals surface area contributed by atoms with Crippen LogP contribution in [0.3, 0.4) is 0 Å². The van der Waals surface area contributed by atoms with Crippen LogP contribution in [0.2, 0.25) is 0 Å². The fourth-order valence-electron chi connectivity index (χ4n) is 3.16. The van der Waals surface area contributed by atoms with Crippen molar-refractivity contribution in [3.05, 3.63) is 39.2 Å².